The minimum atomic E-state index is -0.974. The van der Waals surface area contributed by atoms with E-state index in [4.69, 9.17) is 14.6 Å². The molecule has 0 aromatic heterocycles. The molecule has 0 bridgehead atoms. The van der Waals surface area contributed by atoms with E-state index >= 15 is 0 Å². The van der Waals surface area contributed by atoms with Gasteiger partial charge in [-0.3, -0.25) is 9.59 Å². The second-order valence-electron chi connectivity index (χ2n) is 7.03. The lowest BCUT2D eigenvalue weighted by Crippen LogP contribution is -2.38. The van der Waals surface area contributed by atoms with E-state index < -0.39 is 23.9 Å². The van der Waals surface area contributed by atoms with E-state index in [1.165, 1.54) is 6.92 Å². The molecule has 1 aliphatic rings. The first-order valence-corrected chi connectivity index (χ1v) is 9.63. The molecule has 0 spiro atoms. The van der Waals surface area contributed by atoms with Gasteiger partial charge in [0.2, 0.25) is 5.91 Å². The van der Waals surface area contributed by atoms with Gasteiger partial charge in [0.15, 0.2) is 0 Å². The molecule has 1 atom stereocenters. The van der Waals surface area contributed by atoms with Gasteiger partial charge in [-0.05, 0) is 29.2 Å². The van der Waals surface area contributed by atoms with Crippen LogP contribution in [0.3, 0.4) is 0 Å². The van der Waals surface area contributed by atoms with Crippen LogP contribution >= 0.6 is 0 Å². The standard InChI is InChI=1S/C22H24N2O6/c1-14(21(26)27)11-29-13-24-20(25)10-23-22(28)30-12-19-17-8-4-2-6-15(17)16-7-3-5-9-18(16)19/h2-9,14,19H,10-13H2,1H3,(H,23,28)(H,24,25)(H,26,27). The van der Waals surface area contributed by atoms with Crippen molar-refractivity contribution in [1.29, 1.82) is 0 Å². The van der Waals surface area contributed by atoms with Crippen molar-refractivity contribution in [3.63, 3.8) is 0 Å². The summed E-state index contributed by atoms with van der Waals surface area (Å²) in [5, 5.41) is 13.6. The summed E-state index contributed by atoms with van der Waals surface area (Å²) in [6.07, 6.45) is -0.688. The van der Waals surface area contributed by atoms with Crippen molar-refractivity contribution in [2.45, 2.75) is 12.8 Å². The van der Waals surface area contributed by atoms with E-state index in [1.54, 1.807) is 0 Å². The smallest absolute Gasteiger partial charge is 0.407 e. The molecule has 0 aliphatic heterocycles. The lowest BCUT2D eigenvalue weighted by molar-refractivity contribution is -0.143. The number of hydrogen-bond donors (Lipinski definition) is 3. The van der Waals surface area contributed by atoms with Crippen LogP contribution in [0.25, 0.3) is 11.1 Å². The highest BCUT2D eigenvalue weighted by Crippen LogP contribution is 2.44. The Labute approximate surface area is 174 Å². The van der Waals surface area contributed by atoms with E-state index in [-0.39, 0.29) is 32.4 Å². The molecule has 0 radical (unpaired) electrons. The molecular weight excluding hydrogens is 388 g/mol. The van der Waals surface area contributed by atoms with Crippen molar-refractivity contribution in [2.75, 3.05) is 26.5 Å². The topological polar surface area (TPSA) is 114 Å². The zero-order valence-corrected chi connectivity index (χ0v) is 16.6. The fourth-order valence-electron chi connectivity index (χ4n) is 3.30. The summed E-state index contributed by atoms with van der Waals surface area (Å²) in [7, 11) is 0. The Morgan fingerprint density at radius 3 is 2.20 bits per heavy atom. The number of carboxylic acids is 1. The highest BCUT2D eigenvalue weighted by Gasteiger charge is 2.29. The first kappa shape index (κ1) is 21.3. The number of carbonyl (C=O) groups excluding carboxylic acids is 2. The Balaban J connectivity index is 1.42. The van der Waals surface area contributed by atoms with Gasteiger partial charge in [0.05, 0.1) is 12.5 Å². The highest BCUT2D eigenvalue weighted by molar-refractivity contribution is 5.82. The van der Waals surface area contributed by atoms with Gasteiger partial charge in [0, 0.05) is 5.92 Å². The molecule has 1 aliphatic carbocycles. The molecule has 158 valence electrons. The summed E-state index contributed by atoms with van der Waals surface area (Å²) in [4.78, 5) is 34.4. The van der Waals surface area contributed by atoms with Gasteiger partial charge in [0.25, 0.3) is 0 Å². The molecule has 0 heterocycles. The Morgan fingerprint density at radius 1 is 1.00 bits per heavy atom. The molecular formula is C22H24N2O6. The monoisotopic (exact) mass is 412 g/mol. The minimum Gasteiger partial charge on any atom is -0.481 e. The Hall–Kier alpha value is -3.39. The first-order valence-electron chi connectivity index (χ1n) is 9.63. The SMILES string of the molecule is CC(COCNC(=O)CNC(=O)OCC1c2ccccc2-c2ccccc21)C(=O)O. The number of rotatable bonds is 9. The average Bonchev–Trinajstić information content (AvgIpc) is 3.07. The number of hydrogen-bond acceptors (Lipinski definition) is 5. The maximum atomic E-state index is 12.0. The molecule has 1 unspecified atom stereocenters. The van der Waals surface area contributed by atoms with Gasteiger partial charge in [-0.2, -0.15) is 0 Å². The number of aliphatic carboxylic acids is 1. The van der Waals surface area contributed by atoms with Crippen LogP contribution in [0, 0.1) is 5.92 Å². The molecule has 30 heavy (non-hydrogen) atoms. The third-order valence-corrected chi connectivity index (χ3v) is 4.90. The molecule has 0 saturated carbocycles. The number of nitrogens with one attached hydrogen (secondary N) is 2. The molecule has 2 aromatic rings. The maximum absolute atomic E-state index is 12.0. The summed E-state index contributed by atoms with van der Waals surface area (Å²) >= 11 is 0. The second kappa shape index (κ2) is 9.89. The molecule has 0 fully saturated rings. The van der Waals surface area contributed by atoms with Crippen LogP contribution in [0.15, 0.2) is 48.5 Å². The summed E-state index contributed by atoms with van der Waals surface area (Å²) < 4.78 is 10.4. The summed E-state index contributed by atoms with van der Waals surface area (Å²) in [6.45, 7) is 1.24. The van der Waals surface area contributed by atoms with Crippen molar-refractivity contribution in [2.24, 2.45) is 5.92 Å². The Bertz CT molecular complexity index is 884. The number of ether oxygens (including phenoxy) is 2. The lowest BCUT2D eigenvalue weighted by Gasteiger charge is -2.14. The second-order valence-corrected chi connectivity index (χ2v) is 7.03. The third-order valence-electron chi connectivity index (χ3n) is 4.90. The maximum Gasteiger partial charge on any atom is 0.407 e. The van der Waals surface area contributed by atoms with Gasteiger partial charge in [0.1, 0.15) is 19.9 Å². The zero-order chi connectivity index (χ0) is 21.5. The number of carbonyl (C=O) groups is 3. The molecule has 0 saturated heterocycles. The van der Waals surface area contributed by atoms with Gasteiger partial charge >= 0.3 is 12.1 Å². The quantitative estimate of drug-likeness (QED) is 0.430. The molecule has 2 amide bonds. The molecule has 8 nitrogen and oxygen atoms in total. The van der Waals surface area contributed by atoms with E-state index in [9.17, 15) is 14.4 Å². The van der Waals surface area contributed by atoms with E-state index in [0.29, 0.717) is 0 Å². The van der Waals surface area contributed by atoms with Crippen LogP contribution < -0.4 is 10.6 Å². The lowest BCUT2D eigenvalue weighted by atomic mass is 9.98. The van der Waals surface area contributed by atoms with Gasteiger partial charge in [-0.1, -0.05) is 48.5 Å². The number of alkyl carbamates (subject to hydrolysis) is 1. The van der Waals surface area contributed by atoms with Gasteiger partial charge in [-0.15, -0.1) is 0 Å². The van der Waals surface area contributed by atoms with Crippen molar-refractivity contribution in [3.8, 4) is 11.1 Å². The summed E-state index contributed by atoms with van der Waals surface area (Å²) in [5.41, 5.74) is 4.49. The molecule has 3 rings (SSSR count). The third kappa shape index (κ3) is 5.15. The normalized spacial score (nSPS) is 13.1. The highest BCUT2D eigenvalue weighted by atomic mass is 16.5. The van der Waals surface area contributed by atoms with Gasteiger partial charge < -0.3 is 25.2 Å². The predicted octanol–water partition coefficient (Wildman–Crippen LogP) is 2.34. The Morgan fingerprint density at radius 2 is 1.60 bits per heavy atom. The fraction of sp³-hybridized carbons (Fsp3) is 0.318. The van der Waals surface area contributed by atoms with Crippen LogP contribution in [-0.2, 0) is 19.1 Å². The van der Waals surface area contributed by atoms with Crippen molar-refractivity contribution < 1.29 is 29.0 Å². The number of amides is 2. The van der Waals surface area contributed by atoms with Crippen molar-refractivity contribution in [3.05, 3.63) is 59.7 Å². The predicted molar refractivity (Wildman–Crippen MR) is 109 cm³/mol. The Kier molecular flexibility index (Phi) is 7.03. The fourth-order valence-corrected chi connectivity index (χ4v) is 3.30. The molecule has 2 aromatic carbocycles. The average molecular weight is 412 g/mol. The van der Waals surface area contributed by atoms with Crippen LogP contribution in [0.4, 0.5) is 4.79 Å². The summed E-state index contributed by atoms with van der Waals surface area (Å²) in [5.74, 6) is -2.16. The first-order chi connectivity index (χ1) is 14.5. The van der Waals surface area contributed by atoms with Gasteiger partial charge in [-0.25, -0.2) is 4.79 Å². The number of fused-ring (bicyclic) bond motifs is 3. The molecule has 8 heteroatoms. The van der Waals surface area contributed by atoms with Crippen molar-refractivity contribution in [1.82, 2.24) is 10.6 Å². The van der Waals surface area contributed by atoms with Crippen LogP contribution in [-0.4, -0.2) is 49.6 Å². The van der Waals surface area contributed by atoms with E-state index in [0.717, 1.165) is 22.3 Å². The molecule has 3 N–H and O–H groups in total. The number of benzene rings is 2. The van der Waals surface area contributed by atoms with Crippen LogP contribution in [0.1, 0.15) is 24.0 Å². The van der Waals surface area contributed by atoms with E-state index in [1.807, 2.05) is 36.4 Å². The van der Waals surface area contributed by atoms with Crippen molar-refractivity contribution >= 4 is 18.0 Å². The number of carboxylic acid groups (broad SMARTS) is 1. The van der Waals surface area contributed by atoms with Crippen LogP contribution in [0.5, 0.6) is 0 Å². The largest absolute Gasteiger partial charge is 0.481 e. The minimum absolute atomic E-state index is 0.0184. The van der Waals surface area contributed by atoms with E-state index in [2.05, 4.69) is 22.8 Å². The summed E-state index contributed by atoms with van der Waals surface area (Å²) in [6, 6.07) is 16.0. The zero-order valence-electron chi connectivity index (χ0n) is 16.6. The van der Waals surface area contributed by atoms with Crippen LogP contribution in [0.2, 0.25) is 0 Å².